The van der Waals surface area contributed by atoms with E-state index in [1.165, 1.54) is 0 Å². The molecule has 0 radical (unpaired) electrons. The van der Waals surface area contributed by atoms with Gasteiger partial charge in [-0.05, 0) is 29.3 Å². The molecule has 0 atom stereocenters. The minimum atomic E-state index is -0.161. The molecule has 0 saturated heterocycles. The van der Waals surface area contributed by atoms with E-state index in [0.717, 1.165) is 16.7 Å². The number of amides is 1. The van der Waals surface area contributed by atoms with Crippen LogP contribution in [0.2, 0.25) is 0 Å². The second-order valence-corrected chi connectivity index (χ2v) is 4.48. The van der Waals surface area contributed by atoms with Crippen molar-refractivity contribution in [3.05, 3.63) is 65.5 Å². The number of hydrogen-bond acceptors (Lipinski definition) is 3. The van der Waals surface area contributed by atoms with Crippen molar-refractivity contribution in [2.24, 2.45) is 0 Å². The Bertz CT molecular complexity index is 657. The number of carbonyl (C=O) groups excluding carboxylic acids is 1. The zero-order valence-corrected chi connectivity index (χ0v) is 11.5. The molecule has 0 aliphatic carbocycles. The van der Waals surface area contributed by atoms with E-state index in [4.69, 9.17) is 5.11 Å². The lowest BCUT2D eigenvalue weighted by molar-refractivity contribution is -0.120. The first-order valence-corrected chi connectivity index (χ1v) is 6.62. The normalized spacial score (nSPS) is 9.57. The van der Waals surface area contributed by atoms with Crippen molar-refractivity contribution in [3.8, 4) is 11.8 Å². The number of nitrogens with one attached hydrogen (secondary N) is 1. The predicted molar refractivity (Wildman–Crippen MR) is 80.2 cm³/mol. The van der Waals surface area contributed by atoms with E-state index in [2.05, 4.69) is 22.1 Å². The molecule has 2 rings (SSSR count). The van der Waals surface area contributed by atoms with Gasteiger partial charge < -0.3 is 10.4 Å². The third kappa shape index (κ3) is 5.09. The highest BCUT2D eigenvalue weighted by Gasteiger charge is 2.03. The number of aliphatic hydroxyl groups excluding tert-OH is 1. The summed E-state index contributed by atoms with van der Waals surface area (Å²) >= 11 is 0. The van der Waals surface area contributed by atoms with Crippen LogP contribution in [0.15, 0.2) is 48.8 Å². The van der Waals surface area contributed by atoms with E-state index in [1.807, 2.05) is 36.4 Å². The summed E-state index contributed by atoms with van der Waals surface area (Å²) in [6.07, 6.45) is 3.68. The van der Waals surface area contributed by atoms with Crippen molar-refractivity contribution in [1.82, 2.24) is 10.3 Å². The Labute approximate surface area is 123 Å². The first-order chi connectivity index (χ1) is 10.3. The quantitative estimate of drug-likeness (QED) is 0.829. The molecular weight excluding hydrogens is 264 g/mol. The van der Waals surface area contributed by atoms with Gasteiger partial charge in [-0.1, -0.05) is 30.0 Å². The molecule has 1 heterocycles. The third-order valence-corrected chi connectivity index (χ3v) is 2.82. The molecule has 4 nitrogen and oxygen atoms in total. The van der Waals surface area contributed by atoms with Crippen molar-refractivity contribution in [1.29, 1.82) is 0 Å². The molecule has 2 aromatic rings. The van der Waals surface area contributed by atoms with Gasteiger partial charge in [0.2, 0.25) is 5.91 Å². The molecule has 1 aromatic carbocycles. The van der Waals surface area contributed by atoms with Crippen molar-refractivity contribution in [2.45, 2.75) is 13.0 Å². The number of nitrogens with zero attached hydrogens (tertiary/aromatic N) is 1. The van der Waals surface area contributed by atoms with Gasteiger partial charge in [-0.3, -0.25) is 9.78 Å². The summed E-state index contributed by atoms with van der Waals surface area (Å²) in [6.45, 7) is 0.291. The van der Waals surface area contributed by atoms with Crippen LogP contribution in [0.25, 0.3) is 0 Å². The Balaban J connectivity index is 1.89. The van der Waals surface area contributed by atoms with Crippen LogP contribution >= 0.6 is 0 Å². The molecule has 0 bridgehead atoms. The monoisotopic (exact) mass is 280 g/mol. The molecular formula is C17H16N2O2. The standard InChI is InChI=1S/C17H16N2O2/c20-9-3-7-14-4-1-5-15(10-14)13-19-17(21)11-16-6-2-8-18-12-16/h1-2,4-6,8,10,12,20H,9,11,13H2,(H,19,21). The fourth-order valence-electron chi connectivity index (χ4n) is 1.85. The van der Waals surface area contributed by atoms with E-state index in [0.29, 0.717) is 13.0 Å². The average molecular weight is 280 g/mol. The van der Waals surface area contributed by atoms with Crippen LogP contribution in [0.1, 0.15) is 16.7 Å². The van der Waals surface area contributed by atoms with Gasteiger partial charge in [0.15, 0.2) is 0 Å². The highest BCUT2D eigenvalue weighted by Crippen LogP contribution is 2.04. The molecule has 1 amide bonds. The predicted octanol–water partition coefficient (Wildman–Crippen LogP) is 1.28. The third-order valence-electron chi connectivity index (χ3n) is 2.82. The van der Waals surface area contributed by atoms with Crippen molar-refractivity contribution < 1.29 is 9.90 Å². The largest absolute Gasteiger partial charge is 0.384 e. The first-order valence-electron chi connectivity index (χ1n) is 6.62. The number of rotatable bonds is 4. The Kier molecular flexibility index (Phi) is 5.50. The summed E-state index contributed by atoms with van der Waals surface area (Å²) < 4.78 is 0. The first kappa shape index (κ1) is 14.8. The summed E-state index contributed by atoms with van der Waals surface area (Å²) in [5.74, 6) is 5.40. The van der Waals surface area contributed by atoms with Gasteiger partial charge in [-0.25, -0.2) is 0 Å². The lowest BCUT2D eigenvalue weighted by atomic mass is 10.1. The second kappa shape index (κ2) is 7.83. The van der Waals surface area contributed by atoms with E-state index in [-0.39, 0.29) is 12.5 Å². The molecule has 0 aliphatic heterocycles. The second-order valence-electron chi connectivity index (χ2n) is 4.48. The van der Waals surface area contributed by atoms with Gasteiger partial charge in [0.25, 0.3) is 0 Å². The van der Waals surface area contributed by atoms with Crippen LogP contribution in [0, 0.1) is 11.8 Å². The maximum Gasteiger partial charge on any atom is 0.224 e. The van der Waals surface area contributed by atoms with Gasteiger partial charge in [0.05, 0.1) is 6.42 Å². The van der Waals surface area contributed by atoms with Gasteiger partial charge >= 0.3 is 0 Å². The van der Waals surface area contributed by atoms with E-state index < -0.39 is 0 Å². The van der Waals surface area contributed by atoms with E-state index in [1.54, 1.807) is 12.4 Å². The van der Waals surface area contributed by atoms with Gasteiger partial charge in [0, 0.05) is 24.5 Å². The average Bonchev–Trinajstić information content (AvgIpc) is 2.52. The highest BCUT2D eigenvalue weighted by atomic mass is 16.2. The van der Waals surface area contributed by atoms with Crippen LogP contribution < -0.4 is 5.32 Å². The minimum Gasteiger partial charge on any atom is -0.384 e. The van der Waals surface area contributed by atoms with Gasteiger partial charge in [-0.2, -0.15) is 0 Å². The lowest BCUT2D eigenvalue weighted by Crippen LogP contribution is -2.24. The van der Waals surface area contributed by atoms with Crippen LogP contribution in [-0.4, -0.2) is 22.6 Å². The van der Waals surface area contributed by atoms with Crippen molar-refractivity contribution >= 4 is 5.91 Å². The smallest absolute Gasteiger partial charge is 0.224 e. The zero-order chi connectivity index (χ0) is 14.9. The molecule has 4 heteroatoms. The molecule has 21 heavy (non-hydrogen) atoms. The summed E-state index contributed by atoms with van der Waals surface area (Å²) in [4.78, 5) is 15.8. The molecule has 0 aliphatic rings. The SMILES string of the molecule is O=C(Cc1cccnc1)NCc1cccc(C#CCO)c1. The number of aromatic nitrogens is 1. The van der Waals surface area contributed by atoms with Crippen LogP contribution in [-0.2, 0) is 17.8 Å². The van der Waals surface area contributed by atoms with E-state index >= 15 is 0 Å². The number of aliphatic hydroxyl groups is 1. The minimum absolute atomic E-state index is 0.0464. The molecule has 0 fully saturated rings. The lowest BCUT2D eigenvalue weighted by Gasteiger charge is -2.06. The Hall–Kier alpha value is -2.64. The molecule has 0 unspecified atom stereocenters. The molecule has 0 spiro atoms. The number of carbonyl (C=O) groups is 1. The number of pyridine rings is 1. The van der Waals surface area contributed by atoms with Crippen LogP contribution in [0.4, 0.5) is 0 Å². The fraction of sp³-hybridized carbons (Fsp3) is 0.176. The summed E-state index contributed by atoms with van der Waals surface area (Å²) in [5.41, 5.74) is 2.68. The maximum atomic E-state index is 11.8. The molecule has 106 valence electrons. The summed E-state index contributed by atoms with van der Waals surface area (Å²) in [7, 11) is 0. The summed E-state index contributed by atoms with van der Waals surface area (Å²) in [6, 6.07) is 11.2. The molecule has 0 saturated carbocycles. The Morgan fingerprint density at radius 3 is 2.86 bits per heavy atom. The number of benzene rings is 1. The van der Waals surface area contributed by atoms with E-state index in [9.17, 15) is 4.79 Å². The van der Waals surface area contributed by atoms with Crippen molar-refractivity contribution in [2.75, 3.05) is 6.61 Å². The number of hydrogen-bond donors (Lipinski definition) is 2. The van der Waals surface area contributed by atoms with Crippen LogP contribution in [0.3, 0.4) is 0 Å². The van der Waals surface area contributed by atoms with Gasteiger partial charge in [-0.15, -0.1) is 0 Å². The Morgan fingerprint density at radius 1 is 1.24 bits per heavy atom. The topological polar surface area (TPSA) is 62.2 Å². The Morgan fingerprint density at radius 2 is 2.10 bits per heavy atom. The van der Waals surface area contributed by atoms with Gasteiger partial charge in [0.1, 0.15) is 6.61 Å². The zero-order valence-electron chi connectivity index (χ0n) is 11.5. The fourth-order valence-corrected chi connectivity index (χ4v) is 1.85. The molecule has 2 N–H and O–H groups in total. The maximum absolute atomic E-state index is 11.8. The molecule has 1 aromatic heterocycles. The van der Waals surface area contributed by atoms with Crippen LogP contribution in [0.5, 0.6) is 0 Å². The van der Waals surface area contributed by atoms with Crippen molar-refractivity contribution in [3.63, 3.8) is 0 Å². The summed E-state index contributed by atoms with van der Waals surface area (Å²) in [5, 5.41) is 11.5. The highest BCUT2D eigenvalue weighted by molar-refractivity contribution is 5.78.